The molecule has 2 N–H and O–H groups in total. The maximum atomic E-state index is 12.4. The van der Waals surface area contributed by atoms with Gasteiger partial charge in [0.05, 0.1) is 6.54 Å². The van der Waals surface area contributed by atoms with Crippen molar-refractivity contribution in [3.63, 3.8) is 0 Å². The Morgan fingerprint density at radius 2 is 2.15 bits per heavy atom. The number of benzene rings is 1. The van der Waals surface area contributed by atoms with Crippen molar-refractivity contribution in [1.82, 2.24) is 20.2 Å². The van der Waals surface area contributed by atoms with Gasteiger partial charge in [-0.15, -0.1) is 0 Å². The zero-order valence-electron chi connectivity index (χ0n) is 15.7. The van der Waals surface area contributed by atoms with Crippen LogP contribution in [-0.4, -0.2) is 46.5 Å². The maximum absolute atomic E-state index is 12.4. The number of aryl methyl sites for hydroxylation is 1. The molecule has 6 nitrogen and oxygen atoms in total. The molecule has 0 aliphatic carbocycles. The van der Waals surface area contributed by atoms with Gasteiger partial charge in [0.2, 0.25) is 0 Å². The van der Waals surface area contributed by atoms with Crippen molar-refractivity contribution in [2.24, 2.45) is 5.92 Å². The highest BCUT2D eigenvalue weighted by Gasteiger charge is 2.30. The van der Waals surface area contributed by atoms with E-state index >= 15 is 0 Å². The van der Waals surface area contributed by atoms with Crippen molar-refractivity contribution in [1.29, 1.82) is 0 Å². The first-order chi connectivity index (χ1) is 13.3. The minimum atomic E-state index is -0.0140. The van der Waals surface area contributed by atoms with Crippen LogP contribution in [0, 0.1) is 5.92 Å². The molecule has 6 heteroatoms. The molecule has 0 saturated carbocycles. The number of carbonyl (C=O) groups is 1. The molecule has 2 atom stereocenters. The van der Waals surface area contributed by atoms with Crippen molar-refractivity contribution < 1.29 is 9.53 Å². The van der Waals surface area contributed by atoms with E-state index in [1.807, 2.05) is 24.4 Å². The van der Waals surface area contributed by atoms with Gasteiger partial charge in [0.1, 0.15) is 11.6 Å². The number of hydrogen-bond acceptors (Lipinski definition) is 4. The maximum Gasteiger partial charge on any atom is 0.258 e. The predicted octanol–water partition coefficient (Wildman–Crippen LogP) is 2.52. The fourth-order valence-electron chi connectivity index (χ4n) is 4.29. The Hall–Kier alpha value is -2.34. The zero-order valence-corrected chi connectivity index (χ0v) is 15.7. The normalized spacial score (nSPS) is 24.5. The number of carbonyl (C=O) groups excluding carboxylic acids is 1. The molecule has 2 aliphatic heterocycles. The van der Waals surface area contributed by atoms with E-state index in [1.54, 1.807) is 6.20 Å². The number of aromatic nitrogens is 2. The topological polar surface area (TPSA) is 70.2 Å². The summed E-state index contributed by atoms with van der Waals surface area (Å²) in [5.74, 6) is 2.32. The fraction of sp³-hybridized carbons (Fsp3) is 0.524. The van der Waals surface area contributed by atoms with Gasteiger partial charge < -0.3 is 15.0 Å². The number of nitrogens with zero attached hydrogens (tertiary/aromatic N) is 2. The number of para-hydroxylation sites is 1. The highest BCUT2D eigenvalue weighted by Crippen LogP contribution is 2.26. The molecule has 3 heterocycles. The number of piperidine rings is 1. The summed E-state index contributed by atoms with van der Waals surface area (Å²) in [7, 11) is 0. The second kappa shape index (κ2) is 8.57. The molecule has 2 aliphatic rings. The second-order valence-corrected chi connectivity index (χ2v) is 7.64. The molecule has 1 aromatic carbocycles. The van der Waals surface area contributed by atoms with Gasteiger partial charge in [-0.05, 0) is 43.2 Å². The minimum Gasteiger partial charge on any atom is -0.483 e. The van der Waals surface area contributed by atoms with E-state index in [0.29, 0.717) is 5.92 Å². The summed E-state index contributed by atoms with van der Waals surface area (Å²) < 4.78 is 5.81. The number of amides is 1. The summed E-state index contributed by atoms with van der Waals surface area (Å²) >= 11 is 0. The number of likely N-dealkylation sites (tertiary alicyclic amines) is 1. The molecule has 144 valence electrons. The van der Waals surface area contributed by atoms with Crippen molar-refractivity contribution in [2.75, 3.05) is 19.7 Å². The molecule has 1 amide bonds. The first-order valence-electron chi connectivity index (χ1n) is 9.98. The second-order valence-electron chi connectivity index (χ2n) is 7.64. The van der Waals surface area contributed by atoms with Crippen LogP contribution < -0.4 is 10.1 Å². The summed E-state index contributed by atoms with van der Waals surface area (Å²) in [5, 5.41) is 3.23. The van der Waals surface area contributed by atoms with E-state index in [1.165, 1.54) is 12.0 Å². The van der Waals surface area contributed by atoms with Crippen LogP contribution >= 0.6 is 0 Å². The van der Waals surface area contributed by atoms with Crippen LogP contribution in [0.1, 0.15) is 37.1 Å². The summed E-state index contributed by atoms with van der Waals surface area (Å²) in [4.78, 5) is 22.4. The first kappa shape index (κ1) is 18.0. The molecule has 0 radical (unpaired) electrons. The monoisotopic (exact) mass is 368 g/mol. The number of rotatable bonds is 2. The predicted molar refractivity (Wildman–Crippen MR) is 103 cm³/mol. The third kappa shape index (κ3) is 4.69. The Bertz CT molecular complexity index is 746. The van der Waals surface area contributed by atoms with E-state index in [9.17, 15) is 4.79 Å². The molecule has 1 saturated heterocycles. The third-order valence-corrected chi connectivity index (χ3v) is 5.70. The molecular formula is C21H28N4O2. The number of hydrogen-bond donors (Lipinski definition) is 2. The number of ether oxygens (including phenoxy) is 1. The van der Waals surface area contributed by atoms with Crippen molar-refractivity contribution in [2.45, 2.75) is 44.7 Å². The molecule has 27 heavy (non-hydrogen) atoms. The van der Waals surface area contributed by atoms with Gasteiger partial charge in [-0.25, -0.2) is 4.98 Å². The fourth-order valence-corrected chi connectivity index (χ4v) is 4.29. The van der Waals surface area contributed by atoms with Crippen molar-refractivity contribution in [3.8, 4) is 5.75 Å². The Kier molecular flexibility index (Phi) is 5.72. The third-order valence-electron chi connectivity index (χ3n) is 5.70. The van der Waals surface area contributed by atoms with E-state index in [4.69, 9.17) is 4.74 Å². The van der Waals surface area contributed by atoms with Gasteiger partial charge in [0, 0.05) is 31.5 Å². The van der Waals surface area contributed by atoms with Crippen LogP contribution in [0.3, 0.4) is 0 Å². The molecule has 2 aromatic rings. The Morgan fingerprint density at radius 1 is 1.22 bits per heavy atom. The molecular weight excluding hydrogens is 340 g/mol. The summed E-state index contributed by atoms with van der Waals surface area (Å²) in [5.41, 5.74) is 1.20. The lowest BCUT2D eigenvalue weighted by Crippen LogP contribution is -2.51. The lowest BCUT2D eigenvalue weighted by Gasteiger charge is -2.39. The summed E-state index contributed by atoms with van der Waals surface area (Å²) in [6.07, 6.45) is 9.11. The average Bonchev–Trinajstić information content (AvgIpc) is 3.18. The number of imidazole rings is 1. The summed E-state index contributed by atoms with van der Waals surface area (Å²) in [6, 6.07) is 8.31. The Balaban J connectivity index is 1.42. The lowest BCUT2D eigenvalue weighted by atomic mass is 9.87. The highest BCUT2D eigenvalue weighted by atomic mass is 16.5. The molecule has 0 spiro atoms. The van der Waals surface area contributed by atoms with Crippen LogP contribution in [0.2, 0.25) is 0 Å². The summed E-state index contributed by atoms with van der Waals surface area (Å²) in [6.45, 7) is 2.92. The standard InChI is InChI=1S/C21H28N4O2/c26-21-15-27-19-8-4-3-6-16(19)5-1-2-7-17-13-25(12-9-18(17)24-21)14-20-22-10-11-23-20/h3-4,6,8,10-11,17-18H,1-2,5,7,9,12-15H2,(H,22,23)(H,24,26)/t17-,18+/m0/s1. The van der Waals surface area contributed by atoms with E-state index in [0.717, 1.165) is 56.9 Å². The average molecular weight is 368 g/mol. The van der Waals surface area contributed by atoms with Crippen molar-refractivity contribution >= 4 is 5.91 Å². The number of H-pyrrole nitrogens is 1. The van der Waals surface area contributed by atoms with Gasteiger partial charge in [-0.2, -0.15) is 0 Å². The molecule has 1 aromatic heterocycles. The Morgan fingerprint density at radius 3 is 3.04 bits per heavy atom. The lowest BCUT2D eigenvalue weighted by molar-refractivity contribution is -0.124. The largest absolute Gasteiger partial charge is 0.483 e. The Labute approximate surface area is 160 Å². The van der Waals surface area contributed by atoms with Gasteiger partial charge in [0.15, 0.2) is 6.61 Å². The number of aromatic amines is 1. The van der Waals surface area contributed by atoms with Crippen LogP contribution in [0.4, 0.5) is 0 Å². The van der Waals surface area contributed by atoms with E-state index in [-0.39, 0.29) is 18.6 Å². The molecule has 1 fully saturated rings. The SMILES string of the molecule is O=C1COc2ccccc2CCCC[C@H]2CN(Cc3ncc[nH]3)CC[C@H]2N1. The number of fused-ring (bicyclic) bond motifs is 2. The van der Waals surface area contributed by atoms with Crippen molar-refractivity contribution in [3.05, 3.63) is 48.0 Å². The molecule has 0 bridgehead atoms. The van der Waals surface area contributed by atoms with Crippen LogP contribution in [0.25, 0.3) is 0 Å². The van der Waals surface area contributed by atoms with E-state index < -0.39 is 0 Å². The highest BCUT2D eigenvalue weighted by molar-refractivity contribution is 5.78. The molecule has 0 unspecified atom stereocenters. The van der Waals surface area contributed by atoms with Gasteiger partial charge in [-0.3, -0.25) is 9.69 Å². The number of nitrogens with one attached hydrogen (secondary N) is 2. The van der Waals surface area contributed by atoms with Crippen LogP contribution in [0.5, 0.6) is 5.75 Å². The van der Waals surface area contributed by atoms with Gasteiger partial charge in [0.25, 0.3) is 5.91 Å². The van der Waals surface area contributed by atoms with Gasteiger partial charge >= 0.3 is 0 Å². The first-order valence-corrected chi connectivity index (χ1v) is 9.98. The van der Waals surface area contributed by atoms with Gasteiger partial charge in [-0.1, -0.05) is 24.6 Å². The molecule has 4 rings (SSSR count). The van der Waals surface area contributed by atoms with E-state index in [2.05, 4.69) is 26.3 Å². The van der Waals surface area contributed by atoms with Crippen LogP contribution in [0.15, 0.2) is 36.7 Å². The zero-order chi connectivity index (χ0) is 18.5. The minimum absolute atomic E-state index is 0.0140. The van der Waals surface area contributed by atoms with Crippen LogP contribution in [-0.2, 0) is 17.8 Å². The smallest absolute Gasteiger partial charge is 0.258 e. The quantitative estimate of drug-likeness (QED) is 0.855.